The van der Waals surface area contributed by atoms with Gasteiger partial charge in [0.1, 0.15) is 5.78 Å². The minimum absolute atomic E-state index is 0.323. The summed E-state index contributed by atoms with van der Waals surface area (Å²) in [6.07, 6.45) is -0.323. The Balaban J connectivity index is 5.42. The summed E-state index contributed by atoms with van der Waals surface area (Å²) >= 11 is 34.1. The Bertz CT molecular complexity index is 227. The van der Waals surface area contributed by atoms with Crippen LogP contribution in [0.3, 0.4) is 0 Å². The van der Waals surface area contributed by atoms with E-state index < -0.39 is 13.2 Å². The van der Waals surface area contributed by atoms with Gasteiger partial charge in [-0.05, 0) is 6.92 Å². The van der Waals surface area contributed by atoms with E-state index >= 15 is 0 Å². The number of ether oxygens (including phenoxy) is 1. The van der Waals surface area contributed by atoms with Gasteiger partial charge in [0.25, 0.3) is 0 Å². The molecule has 0 N–H and O–H groups in total. The lowest BCUT2D eigenvalue weighted by atomic mass is 10.0. The van der Waals surface area contributed by atoms with E-state index in [4.69, 9.17) is 74.3 Å². The van der Waals surface area contributed by atoms with Crippen LogP contribution in [0.1, 0.15) is 13.3 Å². The standard InChI is InChI=1S/C7H8Cl6O2/c1-4(14)3-5(15-2,6(8,9)10)7(11,12)13/h3H2,1-2H3. The molecule has 2 nitrogen and oxygen atoms in total. The minimum atomic E-state index is -2.04. The summed E-state index contributed by atoms with van der Waals surface area (Å²) in [5.41, 5.74) is -1.82. The molecule has 0 saturated carbocycles. The first kappa shape index (κ1) is 16.4. The van der Waals surface area contributed by atoms with Crippen molar-refractivity contribution < 1.29 is 9.53 Å². The highest BCUT2D eigenvalue weighted by Crippen LogP contribution is 2.55. The fourth-order valence-corrected chi connectivity index (χ4v) is 3.16. The molecular formula is C7H8Cl6O2. The molecule has 0 aliphatic carbocycles. The fraction of sp³-hybridized carbons (Fsp3) is 0.857. The van der Waals surface area contributed by atoms with Crippen LogP contribution in [0.5, 0.6) is 0 Å². The Hall–Kier alpha value is 1.37. The van der Waals surface area contributed by atoms with Gasteiger partial charge in [0.05, 0.1) is 0 Å². The molecule has 15 heavy (non-hydrogen) atoms. The minimum Gasteiger partial charge on any atom is -0.369 e. The number of ketones is 1. The third-order valence-corrected chi connectivity index (χ3v) is 3.59. The molecule has 0 bridgehead atoms. The van der Waals surface area contributed by atoms with Crippen LogP contribution >= 0.6 is 69.6 Å². The zero-order valence-electron chi connectivity index (χ0n) is 7.79. The van der Waals surface area contributed by atoms with Crippen LogP contribution in [0.2, 0.25) is 0 Å². The first-order valence-electron chi connectivity index (χ1n) is 3.66. The maximum Gasteiger partial charge on any atom is 0.223 e. The van der Waals surface area contributed by atoms with Crippen LogP contribution in [-0.2, 0) is 9.53 Å². The SMILES string of the molecule is COC(CC(C)=O)(C(Cl)(Cl)Cl)C(Cl)(Cl)Cl. The van der Waals surface area contributed by atoms with Crippen molar-refractivity contribution in [2.45, 2.75) is 26.5 Å². The Morgan fingerprint density at radius 2 is 1.40 bits per heavy atom. The molecule has 0 unspecified atom stereocenters. The molecule has 0 aromatic carbocycles. The van der Waals surface area contributed by atoms with Crippen molar-refractivity contribution in [1.29, 1.82) is 0 Å². The largest absolute Gasteiger partial charge is 0.369 e. The Labute approximate surface area is 118 Å². The molecule has 0 aromatic rings. The molecule has 0 heterocycles. The van der Waals surface area contributed by atoms with E-state index in [1.54, 1.807) is 0 Å². The average molecular weight is 337 g/mol. The van der Waals surface area contributed by atoms with E-state index in [-0.39, 0.29) is 12.2 Å². The van der Waals surface area contributed by atoms with Crippen LogP contribution in [0, 0.1) is 0 Å². The van der Waals surface area contributed by atoms with Crippen LogP contribution < -0.4 is 0 Å². The Morgan fingerprint density at radius 3 is 1.47 bits per heavy atom. The third kappa shape index (κ3) is 3.67. The highest BCUT2D eigenvalue weighted by molar-refractivity contribution is 6.73. The van der Waals surface area contributed by atoms with Gasteiger partial charge in [-0.3, -0.25) is 4.79 Å². The first-order valence-corrected chi connectivity index (χ1v) is 5.93. The van der Waals surface area contributed by atoms with E-state index in [0.717, 1.165) is 0 Å². The third-order valence-electron chi connectivity index (χ3n) is 1.76. The molecule has 0 aliphatic heterocycles. The molecule has 0 aromatic heterocycles. The normalized spacial score (nSPS) is 14.1. The number of alkyl halides is 6. The number of carbonyl (C=O) groups is 1. The number of rotatable bonds is 3. The van der Waals surface area contributed by atoms with Crippen LogP contribution in [0.15, 0.2) is 0 Å². The van der Waals surface area contributed by atoms with Crippen molar-refractivity contribution in [3.05, 3.63) is 0 Å². The number of methoxy groups -OCH3 is 1. The highest BCUT2D eigenvalue weighted by atomic mass is 35.6. The predicted octanol–water partition coefficient (Wildman–Crippen LogP) is 4.09. The molecule has 8 heteroatoms. The van der Waals surface area contributed by atoms with Gasteiger partial charge in [-0.2, -0.15) is 0 Å². The van der Waals surface area contributed by atoms with Gasteiger partial charge < -0.3 is 4.74 Å². The van der Waals surface area contributed by atoms with Gasteiger partial charge in [-0.15, -0.1) is 0 Å². The molecule has 0 spiro atoms. The average Bonchev–Trinajstić information content (AvgIpc) is 1.94. The van der Waals surface area contributed by atoms with E-state index in [2.05, 4.69) is 0 Å². The Morgan fingerprint density at radius 1 is 1.07 bits per heavy atom. The smallest absolute Gasteiger partial charge is 0.223 e. The lowest BCUT2D eigenvalue weighted by Crippen LogP contribution is -2.56. The van der Waals surface area contributed by atoms with E-state index in [1.807, 2.05) is 0 Å². The molecule has 90 valence electrons. The molecule has 0 saturated heterocycles. The lowest BCUT2D eigenvalue weighted by molar-refractivity contribution is -0.123. The number of Topliss-reactive ketones (excluding diaryl/α,β-unsaturated/α-hetero) is 1. The van der Waals surface area contributed by atoms with Gasteiger partial charge in [-0.25, -0.2) is 0 Å². The van der Waals surface area contributed by atoms with Crippen LogP contribution in [-0.4, -0.2) is 26.1 Å². The zero-order valence-corrected chi connectivity index (χ0v) is 12.3. The van der Waals surface area contributed by atoms with Gasteiger partial charge in [-0.1, -0.05) is 69.6 Å². The van der Waals surface area contributed by atoms with Crippen molar-refractivity contribution in [2.24, 2.45) is 0 Å². The summed E-state index contributed by atoms with van der Waals surface area (Å²) in [7, 11) is 1.20. The maximum absolute atomic E-state index is 11.1. The summed E-state index contributed by atoms with van der Waals surface area (Å²) in [4.78, 5) is 11.1. The van der Waals surface area contributed by atoms with E-state index in [1.165, 1.54) is 14.0 Å². The van der Waals surface area contributed by atoms with Crippen molar-refractivity contribution >= 4 is 75.4 Å². The van der Waals surface area contributed by atoms with Gasteiger partial charge >= 0.3 is 0 Å². The molecule has 0 fully saturated rings. The molecule has 0 atom stereocenters. The van der Waals surface area contributed by atoms with E-state index in [0.29, 0.717) is 0 Å². The number of hydrogen-bond acceptors (Lipinski definition) is 2. The maximum atomic E-state index is 11.1. The highest BCUT2D eigenvalue weighted by Gasteiger charge is 2.62. The summed E-state index contributed by atoms with van der Waals surface area (Å²) < 4.78 is 0.879. The van der Waals surface area contributed by atoms with Crippen molar-refractivity contribution in [3.63, 3.8) is 0 Å². The lowest BCUT2D eigenvalue weighted by Gasteiger charge is -2.42. The summed E-state index contributed by atoms with van der Waals surface area (Å²) in [5.74, 6) is -0.325. The molecule has 0 aliphatic rings. The quantitative estimate of drug-likeness (QED) is 0.725. The van der Waals surface area contributed by atoms with Crippen LogP contribution in [0.25, 0.3) is 0 Å². The molecule has 0 rings (SSSR count). The van der Waals surface area contributed by atoms with Crippen LogP contribution in [0.4, 0.5) is 0 Å². The van der Waals surface area contributed by atoms with Gasteiger partial charge in [0, 0.05) is 13.5 Å². The molecule has 0 amide bonds. The zero-order chi connectivity index (χ0) is 12.5. The first-order chi connectivity index (χ1) is 6.48. The monoisotopic (exact) mass is 334 g/mol. The fourth-order valence-electron chi connectivity index (χ4n) is 1.02. The van der Waals surface area contributed by atoms with Gasteiger partial charge in [0.2, 0.25) is 7.59 Å². The van der Waals surface area contributed by atoms with Crippen molar-refractivity contribution in [2.75, 3.05) is 7.11 Å². The molecular weight excluding hydrogens is 329 g/mol. The van der Waals surface area contributed by atoms with E-state index in [9.17, 15) is 4.79 Å². The number of halogens is 6. The van der Waals surface area contributed by atoms with Crippen molar-refractivity contribution in [1.82, 2.24) is 0 Å². The second-order valence-electron chi connectivity index (χ2n) is 2.91. The van der Waals surface area contributed by atoms with Gasteiger partial charge in [0.15, 0.2) is 5.60 Å². The topological polar surface area (TPSA) is 26.3 Å². The second kappa shape index (κ2) is 5.34. The predicted molar refractivity (Wildman–Crippen MR) is 65.6 cm³/mol. The summed E-state index contributed by atoms with van der Waals surface area (Å²) in [5, 5.41) is 0. The summed E-state index contributed by atoms with van der Waals surface area (Å²) in [6, 6.07) is 0. The molecule has 0 radical (unpaired) electrons. The number of carbonyl (C=O) groups excluding carboxylic acids is 1. The Kier molecular flexibility index (Phi) is 5.83. The second-order valence-corrected chi connectivity index (χ2v) is 7.47. The summed E-state index contributed by atoms with van der Waals surface area (Å²) in [6.45, 7) is 1.28. The number of hydrogen-bond donors (Lipinski definition) is 0. The van der Waals surface area contributed by atoms with Crippen molar-refractivity contribution in [3.8, 4) is 0 Å².